The summed E-state index contributed by atoms with van der Waals surface area (Å²) in [5, 5.41) is 16.0. The lowest BCUT2D eigenvalue weighted by atomic mass is 10.1. The van der Waals surface area contributed by atoms with Crippen molar-refractivity contribution in [3.8, 4) is 0 Å². The number of Topliss-reactive ketones (excluding diaryl/α,β-unsaturated/α-hetero) is 1. The number of rotatable bonds is 3. The van der Waals surface area contributed by atoms with Gasteiger partial charge in [0.25, 0.3) is 5.97 Å². The summed E-state index contributed by atoms with van der Waals surface area (Å²) >= 11 is 5.48. The molecule has 0 spiro atoms. The first kappa shape index (κ1) is 15.0. The number of hydrogen-bond donors (Lipinski definition) is 2. The topological polar surface area (TPSA) is 105 Å². The van der Waals surface area contributed by atoms with Crippen LogP contribution in [-0.4, -0.2) is 32.9 Å². The number of carbonyl (C=O) groups is 3. The molecule has 0 amide bonds. The van der Waals surface area contributed by atoms with Crippen LogP contribution in [0.1, 0.15) is 23.7 Å². The van der Waals surface area contributed by atoms with Crippen molar-refractivity contribution in [3.63, 3.8) is 0 Å². The molecule has 0 fully saturated rings. The third-order valence-electron chi connectivity index (χ3n) is 1.36. The molecule has 6 nitrogen and oxygen atoms in total. The third-order valence-corrected chi connectivity index (χ3v) is 1.58. The van der Waals surface area contributed by atoms with Gasteiger partial charge in [0.1, 0.15) is 11.6 Å². The van der Waals surface area contributed by atoms with Crippen LogP contribution in [-0.2, 0) is 9.59 Å². The van der Waals surface area contributed by atoms with E-state index in [-0.39, 0.29) is 10.7 Å². The minimum absolute atomic E-state index is 0.256. The minimum Gasteiger partial charge on any atom is -0.481 e. The normalized spacial score (nSPS) is 8.82. The number of aliphatic carboxylic acids is 2. The van der Waals surface area contributed by atoms with Gasteiger partial charge < -0.3 is 10.2 Å². The molecular weight excluding hydrogens is 250 g/mol. The van der Waals surface area contributed by atoms with E-state index in [2.05, 4.69) is 4.98 Å². The van der Waals surface area contributed by atoms with E-state index in [1.807, 2.05) is 0 Å². The molecule has 0 aromatic carbocycles. The summed E-state index contributed by atoms with van der Waals surface area (Å²) in [7, 11) is 0. The first-order chi connectivity index (χ1) is 7.82. The zero-order valence-electron chi connectivity index (χ0n) is 8.88. The van der Waals surface area contributed by atoms with E-state index in [4.69, 9.17) is 26.6 Å². The van der Waals surface area contributed by atoms with Crippen molar-refractivity contribution >= 4 is 29.3 Å². The molecule has 0 radical (unpaired) electrons. The number of carboxylic acid groups (broad SMARTS) is 2. The van der Waals surface area contributed by atoms with E-state index < -0.39 is 24.1 Å². The van der Waals surface area contributed by atoms with Crippen LogP contribution in [0.4, 0.5) is 0 Å². The lowest BCUT2D eigenvalue weighted by molar-refractivity contribution is -0.136. The molecule has 2 N–H and O–H groups in total. The molecule has 7 heteroatoms. The van der Waals surface area contributed by atoms with Gasteiger partial charge >= 0.3 is 5.97 Å². The summed E-state index contributed by atoms with van der Waals surface area (Å²) in [6, 6.07) is 2.89. The Morgan fingerprint density at radius 2 is 1.82 bits per heavy atom. The number of carbonyl (C=O) groups excluding carboxylic acids is 1. The van der Waals surface area contributed by atoms with E-state index in [1.54, 1.807) is 0 Å². The summed E-state index contributed by atoms with van der Waals surface area (Å²) in [4.78, 5) is 33.9. The Labute approximate surface area is 102 Å². The van der Waals surface area contributed by atoms with Crippen molar-refractivity contribution < 1.29 is 24.6 Å². The second-order valence-corrected chi connectivity index (χ2v) is 3.27. The molecule has 0 atom stereocenters. The fraction of sp³-hybridized carbons (Fsp3) is 0.200. The van der Waals surface area contributed by atoms with Crippen molar-refractivity contribution in [1.82, 2.24) is 4.98 Å². The quantitative estimate of drug-likeness (QED) is 0.484. The Morgan fingerprint density at radius 1 is 1.29 bits per heavy atom. The van der Waals surface area contributed by atoms with Gasteiger partial charge in [0.2, 0.25) is 0 Å². The lowest BCUT2D eigenvalue weighted by Gasteiger charge is -1.96. The van der Waals surface area contributed by atoms with Crippen LogP contribution in [0.15, 0.2) is 18.3 Å². The highest BCUT2D eigenvalue weighted by atomic mass is 35.5. The van der Waals surface area contributed by atoms with Crippen LogP contribution in [0, 0.1) is 0 Å². The van der Waals surface area contributed by atoms with Gasteiger partial charge in [-0.25, -0.2) is 4.98 Å². The van der Waals surface area contributed by atoms with Crippen LogP contribution in [0.2, 0.25) is 5.15 Å². The standard InChI is InChI=1S/C8H6ClNO3.C2H4O2/c9-7-2-1-5(4-10-7)6(11)3-8(12)13;1-2(3)4/h1-2,4H,3H2,(H,12,13);1H3,(H,3,4). The van der Waals surface area contributed by atoms with Crippen molar-refractivity contribution in [1.29, 1.82) is 0 Å². The van der Waals surface area contributed by atoms with Crippen LogP contribution in [0.5, 0.6) is 0 Å². The van der Waals surface area contributed by atoms with E-state index in [0.29, 0.717) is 0 Å². The Morgan fingerprint density at radius 3 is 2.18 bits per heavy atom. The summed E-state index contributed by atoms with van der Waals surface area (Å²) in [6.45, 7) is 1.08. The fourth-order valence-electron chi connectivity index (χ4n) is 0.780. The minimum atomic E-state index is -1.15. The number of hydrogen-bond acceptors (Lipinski definition) is 4. The van der Waals surface area contributed by atoms with Gasteiger partial charge in [-0.3, -0.25) is 14.4 Å². The fourth-order valence-corrected chi connectivity index (χ4v) is 0.892. The molecule has 0 aliphatic rings. The average Bonchev–Trinajstić information content (AvgIpc) is 2.16. The predicted octanol–water partition coefficient (Wildman–Crippen LogP) is 1.48. The second-order valence-electron chi connectivity index (χ2n) is 2.88. The third kappa shape index (κ3) is 7.92. The first-order valence-electron chi connectivity index (χ1n) is 4.39. The summed E-state index contributed by atoms with van der Waals surface area (Å²) < 4.78 is 0. The van der Waals surface area contributed by atoms with Crippen LogP contribution < -0.4 is 0 Å². The Balaban J connectivity index is 0.000000557. The maximum atomic E-state index is 11.1. The SMILES string of the molecule is CC(=O)O.O=C(O)CC(=O)c1ccc(Cl)nc1. The number of ketones is 1. The van der Waals surface area contributed by atoms with E-state index in [1.165, 1.54) is 18.3 Å². The van der Waals surface area contributed by atoms with Gasteiger partial charge in [-0.2, -0.15) is 0 Å². The monoisotopic (exact) mass is 259 g/mol. The van der Waals surface area contributed by atoms with Gasteiger partial charge in [-0.1, -0.05) is 11.6 Å². The van der Waals surface area contributed by atoms with E-state index in [0.717, 1.165) is 6.92 Å². The van der Waals surface area contributed by atoms with E-state index >= 15 is 0 Å². The number of pyridine rings is 1. The molecule has 17 heavy (non-hydrogen) atoms. The number of halogens is 1. The van der Waals surface area contributed by atoms with Gasteiger partial charge in [0.05, 0.1) is 0 Å². The van der Waals surface area contributed by atoms with E-state index in [9.17, 15) is 9.59 Å². The highest BCUT2D eigenvalue weighted by Gasteiger charge is 2.10. The molecule has 0 bridgehead atoms. The number of nitrogens with zero attached hydrogens (tertiary/aromatic N) is 1. The molecule has 0 unspecified atom stereocenters. The van der Waals surface area contributed by atoms with Crippen molar-refractivity contribution in [2.75, 3.05) is 0 Å². The van der Waals surface area contributed by atoms with Gasteiger partial charge in [-0.05, 0) is 12.1 Å². The Hall–Kier alpha value is -1.95. The molecule has 1 heterocycles. The average molecular weight is 260 g/mol. The number of aromatic nitrogens is 1. The Kier molecular flexibility index (Phi) is 6.50. The zero-order chi connectivity index (χ0) is 13.4. The van der Waals surface area contributed by atoms with Gasteiger partial charge in [0, 0.05) is 18.7 Å². The Bertz CT molecular complexity index is 411. The number of carboxylic acids is 2. The molecule has 0 saturated carbocycles. The predicted molar refractivity (Wildman–Crippen MR) is 59.1 cm³/mol. The highest BCUT2D eigenvalue weighted by Crippen LogP contribution is 2.07. The molecular formula is C10H10ClNO5. The summed E-state index contributed by atoms with van der Waals surface area (Å²) in [5.74, 6) is -2.46. The maximum absolute atomic E-state index is 11.1. The molecule has 1 aromatic heterocycles. The van der Waals surface area contributed by atoms with Crippen molar-refractivity contribution in [3.05, 3.63) is 29.0 Å². The van der Waals surface area contributed by atoms with Crippen molar-refractivity contribution in [2.45, 2.75) is 13.3 Å². The molecule has 92 valence electrons. The highest BCUT2D eigenvalue weighted by molar-refractivity contribution is 6.29. The van der Waals surface area contributed by atoms with Crippen LogP contribution in [0.25, 0.3) is 0 Å². The van der Waals surface area contributed by atoms with Crippen LogP contribution >= 0.6 is 11.6 Å². The smallest absolute Gasteiger partial charge is 0.311 e. The zero-order valence-corrected chi connectivity index (χ0v) is 9.64. The molecule has 0 saturated heterocycles. The lowest BCUT2D eigenvalue weighted by Crippen LogP contribution is -2.07. The molecule has 0 aliphatic carbocycles. The van der Waals surface area contributed by atoms with Gasteiger partial charge in [0.15, 0.2) is 5.78 Å². The van der Waals surface area contributed by atoms with Gasteiger partial charge in [-0.15, -0.1) is 0 Å². The maximum Gasteiger partial charge on any atom is 0.311 e. The molecule has 1 rings (SSSR count). The largest absolute Gasteiger partial charge is 0.481 e. The first-order valence-corrected chi connectivity index (χ1v) is 4.76. The molecule has 1 aromatic rings. The second kappa shape index (κ2) is 7.34. The summed E-state index contributed by atoms with van der Waals surface area (Å²) in [6.07, 6.45) is 0.733. The van der Waals surface area contributed by atoms with Crippen molar-refractivity contribution in [2.24, 2.45) is 0 Å². The van der Waals surface area contributed by atoms with Crippen LogP contribution in [0.3, 0.4) is 0 Å². The molecule has 0 aliphatic heterocycles. The summed E-state index contributed by atoms with van der Waals surface area (Å²) in [5.41, 5.74) is 0.256.